The van der Waals surface area contributed by atoms with Gasteiger partial charge in [-0.2, -0.15) is 0 Å². The summed E-state index contributed by atoms with van der Waals surface area (Å²) in [7, 11) is 0. The van der Waals surface area contributed by atoms with Crippen molar-refractivity contribution in [3.05, 3.63) is 93.3 Å². The van der Waals surface area contributed by atoms with Gasteiger partial charge in [0.05, 0.1) is 16.8 Å². The number of Topliss-reactive ketones (excluding diaryl/α,β-unsaturated/α-hetero) is 1. The fourth-order valence-corrected chi connectivity index (χ4v) is 5.64. The molecule has 2 aliphatic heterocycles. The summed E-state index contributed by atoms with van der Waals surface area (Å²) in [5.74, 6) is 1.71. The first-order valence-corrected chi connectivity index (χ1v) is 17.0. The van der Waals surface area contributed by atoms with Crippen LogP contribution in [-0.2, 0) is 10.3 Å². The number of halogens is 1. The van der Waals surface area contributed by atoms with Crippen LogP contribution in [-0.4, -0.2) is 48.0 Å². The molecule has 6 heteroatoms. The number of pyridine rings is 1. The molecule has 2 aliphatic rings. The van der Waals surface area contributed by atoms with E-state index in [-0.39, 0.29) is 5.78 Å². The molecule has 2 aromatic carbocycles. The van der Waals surface area contributed by atoms with Crippen LogP contribution in [0.1, 0.15) is 111 Å². The number of benzene rings is 2. The predicted octanol–water partition coefficient (Wildman–Crippen LogP) is 9.89. The smallest absolute Gasteiger partial charge is 0.159 e. The number of ether oxygens (including phenoxy) is 2. The molecular weight excluding hydrogens is 592 g/mol. The molecule has 46 heavy (non-hydrogen) atoms. The second kappa shape index (κ2) is 19.5. The molecule has 2 fully saturated rings. The molecule has 0 N–H and O–H groups in total. The number of ketones is 1. The topological polar surface area (TPSA) is 51.7 Å². The van der Waals surface area contributed by atoms with Gasteiger partial charge in [-0.1, -0.05) is 55.8 Å². The van der Waals surface area contributed by atoms with Crippen LogP contribution in [0.25, 0.3) is 0 Å². The molecule has 250 valence electrons. The zero-order valence-electron chi connectivity index (χ0n) is 29.4. The van der Waals surface area contributed by atoms with E-state index >= 15 is 0 Å². The number of likely N-dealkylation sites (tertiary alicyclic amines) is 1. The highest BCUT2D eigenvalue weighted by Crippen LogP contribution is 2.39. The van der Waals surface area contributed by atoms with Crippen LogP contribution in [0, 0.1) is 33.6 Å². The standard InChI is InChI=1S/C23H31ClN2O.C10H12O.C5H10O.C2H2/c1-5-13-26-14-11-18(12-15-26)20-8-6-7-17(2)22(20)27-23(3,4)21-10-9-19(24)16-25-21;1-7-4-5-10(9(3)11)6-8(7)2;1-2-5-3-4-6-5;1-2/h6-10,16,18H,5,11-15H2,1-4H3;4-6H,1-3H3;5H,2-4H2,1H3;1-2H. The summed E-state index contributed by atoms with van der Waals surface area (Å²) in [6.07, 6.45) is 16.4. The molecule has 3 heterocycles. The van der Waals surface area contributed by atoms with E-state index < -0.39 is 5.60 Å². The Morgan fingerprint density at radius 3 is 2.15 bits per heavy atom. The van der Waals surface area contributed by atoms with Gasteiger partial charge in [-0.15, -0.1) is 12.8 Å². The summed E-state index contributed by atoms with van der Waals surface area (Å²) in [4.78, 5) is 18.0. The molecule has 0 radical (unpaired) electrons. The van der Waals surface area contributed by atoms with Crippen LogP contribution < -0.4 is 4.74 Å². The lowest BCUT2D eigenvalue weighted by molar-refractivity contribution is -0.0516. The van der Waals surface area contributed by atoms with Crippen molar-refractivity contribution in [2.75, 3.05) is 26.2 Å². The van der Waals surface area contributed by atoms with Crippen LogP contribution in [0.2, 0.25) is 5.02 Å². The molecule has 5 nitrogen and oxygen atoms in total. The van der Waals surface area contributed by atoms with Crippen LogP contribution in [0.3, 0.4) is 0 Å². The van der Waals surface area contributed by atoms with Gasteiger partial charge in [-0.3, -0.25) is 9.78 Å². The summed E-state index contributed by atoms with van der Waals surface area (Å²) in [6, 6.07) is 16.1. The highest BCUT2D eigenvalue weighted by molar-refractivity contribution is 6.30. The fraction of sp³-hybridized carbons (Fsp3) is 0.500. The molecule has 0 amide bonds. The molecule has 0 bridgehead atoms. The van der Waals surface area contributed by atoms with E-state index in [0.29, 0.717) is 17.0 Å². The third-order valence-electron chi connectivity index (χ3n) is 8.67. The van der Waals surface area contributed by atoms with Gasteiger partial charge >= 0.3 is 0 Å². The Morgan fingerprint density at radius 2 is 1.67 bits per heavy atom. The number of aryl methyl sites for hydroxylation is 3. The normalized spacial score (nSPS) is 16.3. The maximum absolute atomic E-state index is 10.9. The van der Waals surface area contributed by atoms with E-state index in [2.05, 4.69) is 75.5 Å². The Labute approximate surface area is 284 Å². The van der Waals surface area contributed by atoms with E-state index in [9.17, 15) is 4.79 Å². The van der Waals surface area contributed by atoms with Crippen molar-refractivity contribution in [3.63, 3.8) is 0 Å². The fourth-order valence-electron chi connectivity index (χ4n) is 5.53. The summed E-state index contributed by atoms with van der Waals surface area (Å²) in [5.41, 5.74) is 6.10. The minimum Gasteiger partial charge on any atom is -0.481 e. The predicted molar refractivity (Wildman–Crippen MR) is 193 cm³/mol. The van der Waals surface area contributed by atoms with Crippen molar-refractivity contribution < 1.29 is 14.3 Å². The Kier molecular flexibility index (Phi) is 16.5. The molecule has 0 saturated carbocycles. The van der Waals surface area contributed by atoms with Gasteiger partial charge in [0.25, 0.3) is 0 Å². The molecular formula is C40H55ClN2O3. The Balaban J connectivity index is 0.000000315. The number of terminal acetylenes is 1. The Bertz CT molecular complexity index is 1370. The minimum atomic E-state index is -0.519. The number of rotatable bonds is 8. The van der Waals surface area contributed by atoms with Crippen molar-refractivity contribution >= 4 is 17.4 Å². The Morgan fingerprint density at radius 1 is 1.00 bits per heavy atom. The highest BCUT2D eigenvalue weighted by atomic mass is 35.5. The van der Waals surface area contributed by atoms with Crippen LogP contribution in [0.5, 0.6) is 5.75 Å². The van der Waals surface area contributed by atoms with Crippen LogP contribution in [0.4, 0.5) is 0 Å². The summed E-state index contributed by atoms with van der Waals surface area (Å²) >= 11 is 6.00. The molecule has 1 atom stereocenters. The number of carbonyl (C=O) groups excluding carboxylic acids is 1. The molecule has 0 spiro atoms. The number of piperidine rings is 1. The summed E-state index contributed by atoms with van der Waals surface area (Å²) in [6.45, 7) is 20.9. The van der Waals surface area contributed by atoms with Gasteiger partial charge in [0.15, 0.2) is 5.78 Å². The number of nitrogens with zero attached hydrogens (tertiary/aromatic N) is 2. The largest absolute Gasteiger partial charge is 0.481 e. The summed E-state index contributed by atoms with van der Waals surface area (Å²) in [5, 5.41) is 0.643. The van der Waals surface area contributed by atoms with Crippen molar-refractivity contribution in [1.82, 2.24) is 9.88 Å². The lowest BCUT2D eigenvalue weighted by Crippen LogP contribution is -2.34. The maximum Gasteiger partial charge on any atom is 0.159 e. The van der Waals surface area contributed by atoms with Crippen molar-refractivity contribution in [2.24, 2.45) is 0 Å². The average Bonchev–Trinajstić information content (AvgIpc) is 3.01. The zero-order chi connectivity index (χ0) is 34.3. The third kappa shape index (κ3) is 11.9. The molecule has 0 aliphatic carbocycles. The van der Waals surface area contributed by atoms with E-state index in [1.165, 1.54) is 74.0 Å². The number of aromatic nitrogens is 1. The first kappa shape index (κ1) is 39.0. The van der Waals surface area contributed by atoms with Crippen LogP contribution in [0.15, 0.2) is 54.7 Å². The van der Waals surface area contributed by atoms with Crippen LogP contribution >= 0.6 is 11.6 Å². The Hall–Kier alpha value is -3.17. The lowest BCUT2D eigenvalue weighted by atomic mass is 9.87. The molecule has 2 saturated heterocycles. The minimum absolute atomic E-state index is 0.133. The second-order valence-corrected chi connectivity index (χ2v) is 13.1. The van der Waals surface area contributed by atoms with Gasteiger partial charge < -0.3 is 14.4 Å². The third-order valence-corrected chi connectivity index (χ3v) is 8.90. The van der Waals surface area contributed by atoms with Gasteiger partial charge in [0.2, 0.25) is 0 Å². The van der Waals surface area contributed by atoms with Crippen molar-refractivity contribution in [3.8, 4) is 18.6 Å². The molecule has 1 aromatic heterocycles. The monoisotopic (exact) mass is 646 g/mol. The van der Waals surface area contributed by atoms with E-state index in [1.54, 1.807) is 13.1 Å². The summed E-state index contributed by atoms with van der Waals surface area (Å²) < 4.78 is 11.7. The van der Waals surface area contributed by atoms with Crippen molar-refractivity contribution in [1.29, 1.82) is 0 Å². The van der Waals surface area contributed by atoms with Gasteiger partial charge in [-0.05, 0) is 140 Å². The number of para-hydroxylation sites is 1. The molecule has 5 rings (SSSR count). The van der Waals surface area contributed by atoms with Gasteiger partial charge in [0, 0.05) is 18.4 Å². The van der Waals surface area contributed by atoms with Gasteiger partial charge in [0.1, 0.15) is 11.4 Å². The highest BCUT2D eigenvalue weighted by Gasteiger charge is 2.29. The molecule has 1 unspecified atom stereocenters. The van der Waals surface area contributed by atoms with Crippen molar-refractivity contribution in [2.45, 2.75) is 105 Å². The number of hydrogen-bond acceptors (Lipinski definition) is 5. The maximum atomic E-state index is 10.9. The SMILES string of the molecule is C#C.CC(=O)c1ccc(C)c(C)c1.CCC1CCO1.CCCN1CCC(c2cccc(C)c2OC(C)(C)c2ccc(Cl)cn2)CC1. The first-order valence-electron chi connectivity index (χ1n) is 16.6. The number of carbonyl (C=O) groups is 1. The first-order chi connectivity index (χ1) is 21.9. The van der Waals surface area contributed by atoms with E-state index in [0.717, 1.165) is 23.6 Å². The quantitative estimate of drug-likeness (QED) is 0.180. The van der Waals surface area contributed by atoms with E-state index in [1.807, 2.05) is 44.2 Å². The van der Waals surface area contributed by atoms with E-state index in [4.69, 9.17) is 21.1 Å². The lowest BCUT2D eigenvalue weighted by Gasteiger charge is -2.34. The van der Waals surface area contributed by atoms with Gasteiger partial charge in [-0.25, -0.2) is 0 Å². The zero-order valence-corrected chi connectivity index (χ0v) is 30.1. The second-order valence-electron chi connectivity index (χ2n) is 12.6. The number of hydrogen-bond donors (Lipinski definition) is 0. The molecule has 3 aromatic rings. The average molecular weight is 647 g/mol.